The van der Waals surface area contributed by atoms with E-state index in [2.05, 4.69) is 22.3 Å². The van der Waals surface area contributed by atoms with Crippen molar-refractivity contribution >= 4 is 5.69 Å². The number of hydrogen-bond acceptors (Lipinski definition) is 4. The molecule has 1 unspecified atom stereocenters. The number of nitrogens with one attached hydrogen (secondary N) is 1. The van der Waals surface area contributed by atoms with Crippen LogP contribution >= 0.6 is 0 Å². The molecule has 1 fully saturated rings. The number of methoxy groups -OCH3 is 1. The van der Waals surface area contributed by atoms with E-state index in [4.69, 9.17) is 9.47 Å². The van der Waals surface area contributed by atoms with Crippen molar-refractivity contribution in [2.24, 2.45) is 0 Å². The first-order valence-corrected chi connectivity index (χ1v) is 7.11. The van der Waals surface area contributed by atoms with Gasteiger partial charge in [-0.15, -0.1) is 0 Å². The third-order valence-electron chi connectivity index (χ3n) is 3.96. The van der Waals surface area contributed by atoms with Crippen molar-refractivity contribution in [1.29, 1.82) is 0 Å². The average molecular weight is 262 g/mol. The van der Waals surface area contributed by atoms with Gasteiger partial charge in [-0.05, 0) is 24.5 Å². The Balaban J connectivity index is 1.83. The smallest absolute Gasteiger partial charge is 0.120 e. The topological polar surface area (TPSA) is 33.7 Å². The molecule has 19 heavy (non-hydrogen) atoms. The molecule has 2 aliphatic rings. The van der Waals surface area contributed by atoms with Gasteiger partial charge in [0.1, 0.15) is 5.75 Å². The molecule has 1 aromatic rings. The number of hydrogen-bond donors (Lipinski definition) is 1. The molecule has 4 heteroatoms. The van der Waals surface area contributed by atoms with Crippen LogP contribution in [0.3, 0.4) is 0 Å². The molecule has 2 aliphatic heterocycles. The zero-order chi connectivity index (χ0) is 13.1. The van der Waals surface area contributed by atoms with Gasteiger partial charge in [0.05, 0.1) is 13.2 Å². The third kappa shape index (κ3) is 2.85. The molecule has 0 aromatic heterocycles. The number of nitrogens with zero attached hydrogens (tertiary/aromatic N) is 1. The Kier molecular flexibility index (Phi) is 3.89. The van der Waals surface area contributed by atoms with Crippen LogP contribution in [0.4, 0.5) is 5.69 Å². The molecule has 0 amide bonds. The summed E-state index contributed by atoms with van der Waals surface area (Å²) in [6.45, 7) is 4.88. The zero-order valence-electron chi connectivity index (χ0n) is 11.5. The van der Waals surface area contributed by atoms with Crippen LogP contribution in [-0.4, -0.2) is 39.5 Å². The van der Waals surface area contributed by atoms with Crippen molar-refractivity contribution in [1.82, 2.24) is 5.32 Å². The van der Waals surface area contributed by atoms with Gasteiger partial charge in [-0.25, -0.2) is 0 Å². The normalized spacial score (nSPS) is 23.0. The summed E-state index contributed by atoms with van der Waals surface area (Å²) in [5, 5.41) is 3.47. The molecule has 104 valence electrons. The van der Waals surface area contributed by atoms with Gasteiger partial charge in [-0.1, -0.05) is 6.07 Å². The van der Waals surface area contributed by atoms with E-state index in [1.54, 1.807) is 7.11 Å². The molecule has 0 aliphatic carbocycles. The Hall–Kier alpha value is -1.26. The van der Waals surface area contributed by atoms with Crippen LogP contribution in [-0.2, 0) is 11.3 Å². The Morgan fingerprint density at radius 1 is 1.47 bits per heavy atom. The van der Waals surface area contributed by atoms with Gasteiger partial charge in [0.2, 0.25) is 0 Å². The van der Waals surface area contributed by atoms with Crippen LogP contribution < -0.4 is 15.0 Å². The number of fused-ring (bicyclic) bond motifs is 1. The fourth-order valence-electron chi connectivity index (χ4n) is 2.90. The van der Waals surface area contributed by atoms with Gasteiger partial charge >= 0.3 is 0 Å². The number of benzene rings is 1. The first-order valence-electron chi connectivity index (χ1n) is 7.11. The fraction of sp³-hybridized carbons (Fsp3) is 0.600. The summed E-state index contributed by atoms with van der Waals surface area (Å²) in [5.74, 6) is 0.929. The second-order valence-electron chi connectivity index (χ2n) is 5.25. The average Bonchev–Trinajstić information content (AvgIpc) is 2.87. The first kappa shape index (κ1) is 12.8. The van der Waals surface area contributed by atoms with Gasteiger partial charge < -0.3 is 19.7 Å². The Morgan fingerprint density at radius 2 is 2.42 bits per heavy atom. The van der Waals surface area contributed by atoms with E-state index in [0.29, 0.717) is 6.10 Å². The van der Waals surface area contributed by atoms with Crippen molar-refractivity contribution < 1.29 is 9.47 Å². The minimum atomic E-state index is 0.386. The number of rotatable bonds is 3. The molecule has 1 atom stereocenters. The van der Waals surface area contributed by atoms with Crippen LogP contribution in [0.2, 0.25) is 0 Å². The van der Waals surface area contributed by atoms with Gasteiger partial charge in [0.25, 0.3) is 0 Å². The maximum atomic E-state index is 5.77. The minimum Gasteiger partial charge on any atom is -0.497 e. The molecular weight excluding hydrogens is 240 g/mol. The van der Waals surface area contributed by atoms with E-state index in [0.717, 1.165) is 38.5 Å². The standard InChI is InChI=1S/C15H22N2O2/c1-18-13-5-4-12-10-16-6-7-17(15(12)9-13)11-14-3-2-8-19-14/h4-5,9,14,16H,2-3,6-8,10-11H2,1H3. The Morgan fingerprint density at radius 3 is 3.21 bits per heavy atom. The molecule has 0 spiro atoms. The monoisotopic (exact) mass is 262 g/mol. The Labute approximate surface area is 114 Å². The van der Waals surface area contributed by atoms with E-state index in [1.807, 2.05) is 6.07 Å². The Bertz CT molecular complexity index is 430. The molecule has 0 saturated carbocycles. The summed E-state index contributed by atoms with van der Waals surface area (Å²) in [5.41, 5.74) is 2.64. The van der Waals surface area contributed by atoms with Crippen molar-refractivity contribution in [3.8, 4) is 5.75 Å². The SMILES string of the molecule is COc1ccc2c(c1)N(CC1CCCO1)CCNC2. The lowest BCUT2D eigenvalue weighted by atomic mass is 10.1. The zero-order valence-corrected chi connectivity index (χ0v) is 11.5. The molecule has 4 nitrogen and oxygen atoms in total. The largest absolute Gasteiger partial charge is 0.497 e. The summed E-state index contributed by atoms with van der Waals surface area (Å²) in [4.78, 5) is 2.44. The molecule has 0 radical (unpaired) electrons. The second kappa shape index (κ2) is 5.80. The predicted molar refractivity (Wildman–Crippen MR) is 75.9 cm³/mol. The van der Waals surface area contributed by atoms with Gasteiger partial charge in [-0.3, -0.25) is 0 Å². The van der Waals surface area contributed by atoms with E-state index < -0.39 is 0 Å². The molecule has 1 N–H and O–H groups in total. The van der Waals surface area contributed by atoms with Crippen molar-refractivity contribution in [3.05, 3.63) is 23.8 Å². The van der Waals surface area contributed by atoms with Gasteiger partial charge in [0.15, 0.2) is 0 Å². The van der Waals surface area contributed by atoms with Crippen LogP contribution in [0.15, 0.2) is 18.2 Å². The molecule has 0 bridgehead atoms. The highest BCUT2D eigenvalue weighted by Crippen LogP contribution is 2.28. The maximum Gasteiger partial charge on any atom is 0.120 e. The van der Waals surface area contributed by atoms with Crippen LogP contribution in [0.1, 0.15) is 18.4 Å². The predicted octanol–water partition coefficient (Wildman–Crippen LogP) is 1.78. The van der Waals surface area contributed by atoms with Crippen LogP contribution in [0.5, 0.6) is 5.75 Å². The maximum absolute atomic E-state index is 5.77. The summed E-state index contributed by atoms with van der Waals surface area (Å²) < 4.78 is 11.1. The lowest BCUT2D eigenvalue weighted by Crippen LogP contribution is -2.35. The molecule has 2 heterocycles. The molecule has 3 rings (SSSR count). The third-order valence-corrected chi connectivity index (χ3v) is 3.96. The van der Waals surface area contributed by atoms with Crippen molar-refractivity contribution in [2.75, 3.05) is 38.3 Å². The van der Waals surface area contributed by atoms with Crippen molar-refractivity contribution in [2.45, 2.75) is 25.5 Å². The molecule has 1 saturated heterocycles. The van der Waals surface area contributed by atoms with E-state index in [1.165, 1.54) is 24.1 Å². The van der Waals surface area contributed by atoms with Crippen LogP contribution in [0, 0.1) is 0 Å². The van der Waals surface area contributed by atoms with Gasteiger partial charge in [-0.2, -0.15) is 0 Å². The summed E-state index contributed by atoms with van der Waals surface area (Å²) in [6.07, 6.45) is 2.77. The van der Waals surface area contributed by atoms with E-state index in [9.17, 15) is 0 Å². The highest BCUT2D eigenvalue weighted by atomic mass is 16.5. The summed E-state index contributed by atoms with van der Waals surface area (Å²) in [6, 6.07) is 6.35. The first-order chi connectivity index (χ1) is 9.36. The van der Waals surface area contributed by atoms with Gasteiger partial charge in [0, 0.05) is 44.5 Å². The molecule has 1 aromatic carbocycles. The lowest BCUT2D eigenvalue weighted by molar-refractivity contribution is 0.115. The summed E-state index contributed by atoms with van der Waals surface area (Å²) in [7, 11) is 1.72. The van der Waals surface area contributed by atoms with E-state index in [-0.39, 0.29) is 0 Å². The lowest BCUT2D eigenvalue weighted by Gasteiger charge is -2.27. The number of anilines is 1. The minimum absolute atomic E-state index is 0.386. The highest BCUT2D eigenvalue weighted by molar-refractivity contribution is 5.58. The molecular formula is C15H22N2O2. The van der Waals surface area contributed by atoms with Crippen LogP contribution in [0.25, 0.3) is 0 Å². The highest BCUT2D eigenvalue weighted by Gasteiger charge is 2.22. The summed E-state index contributed by atoms with van der Waals surface area (Å²) >= 11 is 0. The van der Waals surface area contributed by atoms with Crippen molar-refractivity contribution in [3.63, 3.8) is 0 Å². The fourth-order valence-corrected chi connectivity index (χ4v) is 2.90. The number of ether oxygens (including phenoxy) is 2. The van der Waals surface area contributed by atoms with E-state index >= 15 is 0 Å². The second-order valence-corrected chi connectivity index (χ2v) is 5.25. The quantitative estimate of drug-likeness (QED) is 0.900.